The molecule has 0 saturated heterocycles. The molecule has 1 unspecified atom stereocenters. The van der Waals surface area contributed by atoms with Crippen LogP contribution in [0.1, 0.15) is 25.1 Å². The van der Waals surface area contributed by atoms with E-state index >= 15 is 0 Å². The lowest BCUT2D eigenvalue weighted by Crippen LogP contribution is -2.66. The summed E-state index contributed by atoms with van der Waals surface area (Å²) in [4.78, 5) is 0. The van der Waals surface area contributed by atoms with Gasteiger partial charge >= 0.3 is 32.9 Å². The molecule has 0 fully saturated rings. The lowest BCUT2D eigenvalue weighted by molar-refractivity contribution is -0.440. The number of halogens is 8. The van der Waals surface area contributed by atoms with Crippen LogP contribution >= 0.6 is 0 Å². The molecule has 1 rings (SSSR count). The van der Waals surface area contributed by atoms with Crippen molar-refractivity contribution in [1.82, 2.24) is 5.06 Å². The zero-order valence-electron chi connectivity index (χ0n) is 15.7. The van der Waals surface area contributed by atoms with Crippen LogP contribution in [-0.4, -0.2) is 51.2 Å². The molecule has 0 heterocycles. The maximum Gasteiger partial charge on any atom is 0.397 e. The molecular weight excluding hydrogens is 434 g/mol. The van der Waals surface area contributed by atoms with Crippen molar-refractivity contribution >= 4 is 8.56 Å². The molecule has 1 radical (unpaired) electrons. The van der Waals surface area contributed by atoms with Gasteiger partial charge in [0.25, 0.3) is 0 Å². The van der Waals surface area contributed by atoms with E-state index in [1.54, 1.807) is 0 Å². The van der Waals surface area contributed by atoms with E-state index in [9.17, 15) is 40.3 Å². The summed E-state index contributed by atoms with van der Waals surface area (Å²) in [5.74, 6) is -13.1. The first-order valence-electron chi connectivity index (χ1n) is 8.41. The van der Waals surface area contributed by atoms with Gasteiger partial charge in [-0.3, -0.25) is 0 Å². The maximum absolute atomic E-state index is 14.4. The summed E-state index contributed by atoms with van der Waals surface area (Å²) >= 11 is 0. The van der Waals surface area contributed by atoms with Crippen LogP contribution in [0.15, 0.2) is 30.3 Å². The Bertz CT molecular complexity index is 644. The van der Waals surface area contributed by atoms with E-state index in [1.165, 1.54) is 32.0 Å². The van der Waals surface area contributed by atoms with Gasteiger partial charge < -0.3 is 8.85 Å². The quantitative estimate of drug-likeness (QED) is 0.200. The van der Waals surface area contributed by atoms with E-state index in [2.05, 4.69) is 0 Å². The van der Waals surface area contributed by atoms with Crippen molar-refractivity contribution in [2.24, 2.45) is 0 Å². The van der Waals surface area contributed by atoms with Gasteiger partial charge in [-0.15, -0.1) is 5.21 Å². The second-order valence-electron chi connectivity index (χ2n) is 6.06. The predicted octanol–water partition coefficient (Wildman–Crippen LogP) is 5.19. The third-order valence-electron chi connectivity index (χ3n) is 4.06. The summed E-state index contributed by atoms with van der Waals surface area (Å²) in [6, 6.07) is 0.0000814. The van der Waals surface area contributed by atoms with Gasteiger partial charge in [-0.05, 0) is 26.0 Å². The summed E-state index contributed by atoms with van der Waals surface area (Å²) < 4.78 is 118. The number of hydrogen-bond acceptors (Lipinski definition) is 3. The Kier molecular flexibility index (Phi) is 8.21. The fourth-order valence-corrected chi connectivity index (χ4v) is 5.63. The largest absolute Gasteiger partial charge is 0.397 e. The molecule has 0 bridgehead atoms. The molecule has 0 aromatic heterocycles. The monoisotopic (exact) mass is 454 g/mol. The fourth-order valence-electron chi connectivity index (χ4n) is 2.70. The van der Waals surface area contributed by atoms with Crippen molar-refractivity contribution in [2.75, 3.05) is 13.2 Å². The van der Waals surface area contributed by atoms with Gasteiger partial charge in [-0.2, -0.15) is 26.3 Å². The Morgan fingerprint density at radius 1 is 0.966 bits per heavy atom. The van der Waals surface area contributed by atoms with Crippen LogP contribution in [-0.2, 0) is 14.1 Å². The minimum atomic E-state index is -6.68. The SMILES string of the molecule is CCO[Si](C)(OCC)C(c1ccccc1)N([O])C(F)(F)C(F)(F)C(F)(F)C(F)F. The summed E-state index contributed by atoms with van der Waals surface area (Å²) in [6.45, 7) is 3.60. The first-order valence-corrected chi connectivity index (χ1v) is 10.8. The van der Waals surface area contributed by atoms with E-state index < -0.39 is 43.6 Å². The van der Waals surface area contributed by atoms with E-state index in [1.807, 2.05) is 0 Å². The van der Waals surface area contributed by atoms with Crippen molar-refractivity contribution in [3.05, 3.63) is 35.9 Å². The first-order chi connectivity index (χ1) is 13.2. The van der Waals surface area contributed by atoms with E-state index in [0.717, 1.165) is 18.7 Å². The molecule has 0 spiro atoms. The molecule has 0 N–H and O–H groups in total. The van der Waals surface area contributed by atoms with Crippen LogP contribution < -0.4 is 0 Å². The van der Waals surface area contributed by atoms with E-state index in [0.29, 0.717) is 0 Å². The Labute approximate surface area is 163 Å². The van der Waals surface area contributed by atoms with Gasteiger partial charge in [0.05, 0.1) is 0 Å². The Morgan fingerprint density at radius 3 is 1.79 bits per heavy atom. The van der Waals surface area contributed by atoms with Crippen LogP contribution in [0.25, 0.3) is 0 Å². The molecule has 1 aromatic rings. The minimum absolute atomic E-state index is 0.172. The Hall–Kier alpha value is -1.28. The molecule has 0 aliphatic rings. The standard InChI is InChI=1S/C16H20F8NO3Si/c1-4-27-29(3,28-5-2)12(11-9-7-6-8-10-11)25(26)16(23,24)15(21,22)14(19,20)13(17)18/h6-10,12-13H,4-5H2,1-3H3. The first kappa shape index (κ1) is 25.8. The van der Waals surface area contributed by atoms with Crippen molar-refractivity contribution in [3.63, 3.8) is 0 Å². The van der Waals surface area contributed by atoms with E-state index in [4.69, 9.17) is 8.85 Å². The highest BCUT2D eigenvalue weighted by Crippen LogP contribution is 2.52. The van der Waals surface area contributed by atoms with Gasteiger partial charge in [0.2, 0.25) is 0 Å². The van der Waals surface area contributed by atoms with Crippen LogP contribution in [0.5, 0.6) is 0 Å². The summed E-state index contributed by atoms with van der Waals surface area (Å²) in [7, 11) is -4.09. The highest BCUT2D eigenvalue weighted by Gasteiger charge is 2.79. The lowest BCUT2D eigenvalue weighted by Gasteiger charge is -2.42. The number of nitrogens with zero attached hydrogens (tertiary/aromatic N) is 1. The normalized spacial score (nSPS) is 15.2. The van der Waals surface area contributed by atoms with Crippen molar-refractivity contribution in [1.29, 1.82) is 0 Å². The molecule has 0 amide bonds. The molecule has 1 aromatic carbocycles. The fraction of sp³-hybridized carbons (Fsp3) is 0.625. The van der Waals surface area contributed by atoms with Crippen LogP contribution in [0.4, 0.5) is 35.1 Å². The topological polar surface area (TPSA) is 41.6 Å². The van der Waals surface area contributed by atoms with Crippen LogP contribution in [0.2, 0.25) is 6.55 Å². The number of alkyl halides is 8. The molecule has 0 saturated carbocycles. The third kappa shape index (κ3) is 4.73. The molecule has 167 valence electrons. The molecule has 29 heavy (non-hydrogen) atoms. The summed E-state index contributed by atoms with van der Waals surface area (Å²) in [5, 5.41) is 10.9. The zero-order chi connectivity index (χ0) is 22.7. The third-order valence-corrected chi connectivity index (χ3v) is 7.34. The predicted molar refractivity (Wildman–Crippen MR) is 87.4 cm³/mol. The molecular formula is C16H20F8NO3Si. The van der Waals surface area contributed by atoms with Gasteiger partial charge in [0, 0.05) is 13.2 Å². The van der Waals surface area contributed by atoms with Crippen molar-refractivity contribution < 1.29 is 49.2 Å². The second kappa shape index (κ2) is 9.25. The maximum atomic E-state index is 14.4. The summed E-state index contributed by atoms with van der Waals surface area (Å²) in [5.41, 5.74) is -2.55. The zero-order valence-corrected chi connectivity index (χ0v) is 16.7. The lowest BCUT2D eigenvalue weighted by atomic mass is 10.1. The molecule has 1 atom stereocenters. The average Bonchev–Trinajstić information content (AvgIpc) is 2.62. The smallest absolute Gasteiger partial charge is 0.394 e. The van der Waals surface area contributed by atoms with E-state index in [-0.39, 0.29) is 18.8 Å². The Balaban J connectivity index is 3.60. The van der Waals surface area contributed by atoms with Gasteiger partial charge in [-0.25, -0.2) is 8.78 Å². The molecule has 4 nitrogen and oxygen atoms in total. The number of rotatable bonds is 11. The van der Waals surface area contributed by atoms with Crippen molar-refractivity contribution in [2.45, 2.75) is 50.4 Å². The van der Waals surface area contributed by atoms with Gasteiger partial charge in [0.1, 0.15) is 5.67 Å². The highest BCUT2D eigenvalue weighted by molar-refractivity contribution is 6.67. The molecule has 0 aliphatic heterocycles. The van der Waals surface area contributed by atoms with Gasteiger partial charge in [-0.1, -0.05) is 35.4 Å². The average molecular weight is 454 g/mol. The minimum Gasteiger partial charge on any atom is -0.394 e. The van der Waals surface area contributed by atoms with Gasteiger partial charge in [0.15, 0.2) is 0 Å². The summed E-state index contributed by atoms with van der Waals surface area (Å²) in [6.07, 6.45) is -5.13. The molecule has 0 aliphatic carbocycles. The number of benzene rings is 1. The number of hydrogen-bond donors (Lipinski definition) is 0. The molecule has 13 heteroatoms. The highest BCUT2D eigenvalue weighted by atomic mass is 28.4. The number of hydroxylamine groups is 2. The second-order valence-corrected chi connectivity index (χ2v) is 9.22. The van der Waals surface area contributed by atoms with Crippen molar-refractivity contribution in [3.8, 4) is 0 Å². The van der Waals surface area contributed by atoms with Crippen LogP contribution in [0.3, 0.4) is 0 Å². The van der Waals surface area contributed by atoms with Crippen LogP contribution in [0, 0.1) is 0 Å². The Morgan fingerprint density at radius 2 is 1.41 bits per heavy atom.